The van der Waals surface area contributed by atoms with Crippen molar-refractivity contribution < 1.29 is 9.47 Å². The van der Waals surface area contributed by atoms with Gasteiger partial charge in [-0.3, -0.25) is 0 Å². The molecule has 0 saturated carbocycles. The summed E-state index contributed by atoms with van der Waals surface area (Å²) in [6, 6.07) is 7.94. The van der Waals surface area contributed by atoms with Gasteiger partial charge >= 0.3 is 0 Å². The van der Waals surface area contributed by atoms with Gasteiger partial charge in [-0.25, -0.2) is 9.97 Å². The molecule has 0 fully saturated rings. The number of thiophene rings is 1. The third-order valence-corrected chi connectivity index (χ3v) is 5.84. The molecular weight excluding hydrogens is 384 g/mol. The number of hydrogen-bond acceptors (Lipinski definition) is 7. The molecule has 0 radical (unpaired) electrons. The van der Waals surface area contributed by atoms with Crippen LogP contribution in [0.5, 0.6) is 11.5 Å². The summed E-state index contributed by atoms with van der Waals surface area (Å²) in [6.07, 6.45) is 1.48. The van der Waals surface area contributed by atoms with Crippen LogP contribution in [0, 0.1) is 0 Å². The van der Waals surface area contributed by atoms with Crippen LogP contribution in [0.25, 0.3) is 0 Å². The Kier molecular flexibility index (Phi) is 4.80. The molecule has 0 spiro atoms. The normalized spacial score (nSPS) is 15.9. The van der Waals surface area contributed by atoms with Gasteiger partial charge in [0.2, 0.25) is 0 Å². The number of nitrogens with one attached hydrogen (secondary N) is 1. The van der Waals surface area contributed by atoms with Crippen molar-refractivity contribution in [2.45, 2.75) is 12.6 Å². The molecule has 140 valence electrons. The predicted octanol–water partition coefficient (Wildman–Crippen LogP) is 4.36. The summed E-state index contributed by atoms with van der Waals surface area (Å²) in [7, 11) is 5.31. The highest BCUT2D eigenvalue weighted by Crippen LogP contribution is 2.44. The first-order valence-electron chi connectivity index (χ1n) is 8.38. The maximum absolute atomic E-state index is 6.42. The molecule has 1 unspecified atom stereocenters. The Morgan fingerprint density at radius 1 is 1.26 bits per heavy atom. The number of ether oxygens (including phenoxy) is 2. The quantitative estimate of drug-likeness (QED) is 0.657. The molecule has 0 saturated heterocycles. The SMILES string of the molecule is COc1cc2c(c(OC)c1)C(c1cccs1)Nc1c(Cl)ncnc1N(C)C2. The first-order chi connectivity index (χ1) is 13.1. The highest BCUT2D eigenvalue weighted by atomic mass is 35.5. The molecule has 1 atom stereocenters. The topological polar surface area (TPSA) is 59.5 Å². The maximum Gasteiger partial charge on any atom is 0.157 e. The number of aromatic nitrogens is 2. The number of benzene rings is 1. The average Bonchev–Trinajstić information content (AvgIpc) is 3.20. The largest absolute Gasteiger partial charge is 0.497 e. The third-order valence-electron chi connectivity index (χ3n) is 4.61. The lowest BCUT2D eigenvalue weighted by molar-refractivity contribution is 0.389. The Hall–Kier alpha value is -2.51. The molecule has 4 rings (SSSR count). The second-order valence-electron chi connectivity index (χ2n) is 6.21. The minimum atomic E-state index is -0.142. The zero-order valence-electron chi connectivity index (χ0n) is 15.2. The van der Waals surface area contributed by atoms with Crippen LogP contribution in [0.15, 0.2) is 36.0 Å². The van der Waals surface area contributed by atoms with Crippen molar-refractivity contribution in [3.05, 3.63) is 57.1 Å². The summed E-state index contributed by atoms with van der Waals surface area (Å²) in [5.74, 6) is 2.27. The zero-order chi connectivity index (χ0) is 19.0. The van der Waals surface area contributed by atoms with E-state index in [1.165, 1.54) is 6.33 Å². The minimum Gasteiger partial charge on any atom is -0.497 e. The van der Waals surface area contributed by atoms with Gasteiger partial charge in [0.25, 0.3) is 0 Å². The molecule has 1 N–H and O–H groups in total. The molecule has 3 aromatic rings. The van der Waals surface area contributed by atoms with E-state index in [2.05, 4.69) is 26.7 Å². The van der Waals surface area contributed by atoms with Crippen LogP contribution >= 0.6 is 22.9 Å². The zero-order valence-corrected chi connectivity index (χ0v) is 16.8. The second kappa shape index (κ2) is 7.25. The highest BCUT2D eigenvalue weighted by Gasteiger charge is 2.29. The van der Waals surface area contributed by atoms with Gasteiger partial charge in [0.15, 0.2) is 11.0 Å². The van der Waals surface area contributed by atoms with Gasteiger partial charge in [-0.1, -0.05) is 17.7 Å². The van der Waals surface area contributed by atoms with Crippen LogP contribution in [0.1, 0.15) is 22.0 Å². The lowest BCUT2D eigenvalue weighted by Crippen LogP contribution is -2.26. The molecule has 1 aromatic carbocycles. The molecule has 0 bridgehead atoms. The van der Waals surface area contributed by atoms with Crippen molar-refractivity contribution >= 4 is 34.4 Å². The molecule has 27 heavy (non-hydrogen) atoms. The van der Waals surface area contributed by atoms with Gasteiger partial charge in [0, 0.05) is 30.1 Å². The molecule has 8 heteroatoms. The Morgan fingerprint density at radius 2 is 2.11 bits per heavy atom. The standard InChI is InChI=1S/C19H19ClN4O2S/c1-24-9-11-7-12(25-2)8-13(26-3)15(11)16(14-5-4-6-27-14)23-17-18(20)21-10-22-19(17)24/h4-8,10,16,23H,9H2,1-3H3. The van der Waals surface area contributed by atoms with Crippen LogP contribution in [-0.4, -0.2) is 31.2 Å². The van der Waals surface area contributed by atoms with Crippen molar-refractivity contribution in [3.8, 4) is 11.5 Å². The first kappa shape index (κ1) is 17.9. The Bertz CT molecular complexity index is 965. The monoisotopic (exact) mass is 402 g/mol. The Morgan fingerprint density at radius 3 is 2.81 bits per heavy atom. The van der Waals surface area contributed by atoms with Crippen LogP contribution in [0.2, 0.25) is 5.15 Å². The van der Waals surface area contributed by atoms with Gasteiger partial charge in [-0.05, 0) is 23.1 Å². The van der Waals surface area contributed by atoms with Gasteiger partial charge in [0.05, 0.1) is 20.3 Å². The minimum absolute atomic E-state index is 0.142. The van der Waals surface area contributed by atoms with Crippen LogP contribution in [-0.2, 0) is 6.54 Å². The molecule has 6 nitrogen and oxygen atoms in total. The average molecular weight is 403 g/mol. The van der Waals surface area contributed by atoms with E-state index in [1.54, 1.807) is 25.6 Å². The fraction of sp³-hybridized carbons (Fsp3) is 0.263. The fourth-order valence-electron chi connectivity index (χ4n) is 3.39. The number of fused-ring (bicyclic) bond motifs is 2. The maximum atomic E-state index is 6.42. The lowest BCUT2D eigenvalue weighted by Gasteiger charge is -2.32. The molecule has 1 aliphatic rings. The Balaban J connectivity index is 1.97. The second-order valence-corrected chi connectivity index (χ2v) is 7.55. The summed E-state index contributed by atoms with van der Waals surface area (Å²) < 4.78 is 11.2. The number of halogens is 1. The fourth-order valence-corrected chi connectivity index (χ4v) is 4.35. The summed E-state index contributed by atoms with van der Waals surface area (Å²) in [5.41, 5.74) is 2.86. The van der Waals surface area contributed by atoms with E-state index in [9.17, 15) is 0 Å². The third kappa shape index (κ3) is 3.17. The molecule has 1 aliphatic heterocycles. The van der Waals surface area contributed by atoms with E-state index in [1.807, 2.05) is 30.1 Å². The molecule has 3 heterocycles. The van der Waals surface area contributed by atoms with Gasteiger partial charge in [-0.15, -0.1) is 11.3 Å². The van der Waals surface area contributed by atoms with E-state index in [0.29, 0.717) is 17.4 Å². The number of hydrogen-bond donors (Lipinski definition) is 1. The molecule has 0 aliphatic carbocycles. The molecular formula is C19H19ClN4O2S. The van der Waals surface area contributed by atoms with Crippen molar-refractivity contribution in [3.63, 3.8) is 0 Å². The van der Waals surface area contributed by atoms with Gasteiger partial charge < -0.3 is 19.7 Å². The summed E-state index contributed by atoms with van der Waals surface area (Å²) in [5, 5.41) is 6.01. The summed E-state index contributed by atoms with van der Waals surface area (Å²) in [4.78, 5) is 11.8. The van der Waals surface area contributed by atoms with Crippen molar-refractivity contribution in [1.29, 1.82) is 0 Å². The van der Waals surface area contributed by atoms with Crippen molar-refractivity contribution in [2.24, 2.45) is 0 Å². The van der Waals surface area contributed by atoms with Crippen molar-refractivity contribution in [1.82, 2.24) is 9.97 Å². The van der Waals surface area contributed by atoms with Gasteiger partial charge in [0.1, 0.15) is 23.5 Å². The highest BCUT2D eigenvalue weighted by molar-refractivity contribution is 7.10. The van der Waals surface area contributed by atoms with Crippen LogP contribution in [0.4, 0.5) is 11.5 Å². The van der Waals surface area contributed by atoms with E-state index >= 15 is 0 Å². The summed E-state index contributed by atoms with van der Waals surface area (Å²) in [6.45, 7) is 0.632. The van der Waals surface area contributed by atoms with E-state index in [0.717, 1.165) is 33.3 Å². The van der Waals surface area contributed by atoms with E-state index < -0.39 is 0 Å². The van der Waals surface area contributed by atoms with E-state index in [-0.39, 0.29) is 6.04 Å². The Labute approximate surface area is 166 Å². The smallest absolute Gasteiger partial charge is 0.157 e. The van der Waals surface area contributed by atoms with E-state index in [4.69, 9.17) is 21.1 Å². The first-order valence-corrected chi connectivity index (χ1v) is 9.64. The lowest BCUT2D eigenvalue weighted by atomic mass is 9.95. The number of nitrogens with zero attached hydrogens (tertiary/aromatic N) is 3. The van der Waals surface area contributed by atoms with Gasteiger partial charge in [-0.2, -0.15) is 0 Å². The molecule has 2 aromatic heterocycles. The summed E-state index contributed by atoms with van der Waals surface area (Å²) >= 11 is 8.09. The predicted molar refractivity (Wildman–Crippen MR) is 108 cm³/mol. The number of methoxy groups -OCH3 is 2. The molecule has 0 amide bonds. The van der Waals surface area contributed by atoms with Crippen LogP contribution < -0.4 is 19.7 Å². The van der Waals surface area contributed by atoms with Crippen LogP contribution in [0.3, 0.4) is 0 Å². The number of anilines is 2. The number of rotatable bonds is 3. The van der Waals surface area contributed by atoms with Crippen molar-refractivity contribution in [2.75, 3.05) is 31.5 Å².